The van der Waals surface area contributed by atoms with Gasteiger partial charge in [-0.15, -0.1) is 0 Å². The van der Waals surface area contributed by atoms with Gasteiger partial charge in [0.2, 0.25) is 10.0 Å². The Kier molecular flexibility index (Phi) is 5.73. The SMILES string of the molecule is O=S(=O)(N[C@H](c1nc2cccnc2s1)c1ccccc1Cl)c1ccc2c(c1)OCCCO2. The fourth-order valence-electron chi connectivity index (χ4n) is 3.40. The number of nitrogens with one attached hydrogen (secondary N) is 1. The van der Waals surface area contributed by atoms with Crippen LogP contribution in [0.5, 0.6) is 11.5 Å². The number of hydrogen-bond acceptors (Lipinski definition) is 7. The minimum absolute atomic E-state index is 0.0676. The van der Waals surface area contributed by atoms with E-state index < -0.39 is 16.1 Å². The van der Waals surface area contributed by atoms with Crippen molar-refractivity contribution in [3.63, 3.8) is 0 Å². The molecule has 0 amide bonds. The van der Waals surface area contributed by atoms with E-state index in [0.29, 0.717) is 50.7 Å². The molecular weight excluding hydrogens is 470 g/mol. The molecule has 0 saturated heterocycles. The van der Waals surface area contributed by atoms with Crippen molar-refractivity contribution >= 4 is 43.3 Å². The summed E-state index contributed by atoms with van der Waals surface area (Å²) in [5.74, 6) is 0.935. The van der Waals surface area contributed by atoms with Gasteiger partial charge in [0.05, 0.1) is 18.1 Å². The Balaban J connectivity index is 1.56. The van der Waals surface area contributed by atoms with Crippen LogP contribution in [0, 0.1) is 0 Å². The summed E-state index contributed by atoms with van der Waals surface area (Å²) >= 11 is 7.76. The molecule has 1 N–H and O–H groups in total. The minimum Gasteiger partial charge on any atom is -0.490 e. The molecule has 10 heteroatoms. The second-order valence-corrected chi connectivity index (χ2v) is 10.2. The first-order valence-electron chi connectivity index (χ1n) is 9.89. The first-order valence-corrected chi connectivity index (χ1v) is 12.6. The van der Waals surface area contributed by atoms with E-state index in [1.54, 1.807) is 36.5 Å². The number of halogens is 1. The van der Waals surface area contributed by atoms with Gasteiger partial charge in [0.1, 0.15) is 21.4 Å². The number of ether oxygens (including phenoxy) is 2. The van der Waals surface area contributed by atoms with Crippen molar-refractivity contribution in [2.24, 2.45) is 0 Å². The van der Waals surface area contributed by atoms with Gasteiger partial charge in [0.15, 0.2) is 11.5 Å². The van der Waals surface area contributed by atoms with Crippen molar-refractivity contribution in [3.05, 3.63) is 76.4 Å². The third-order valence-corrected chi connectivity index (χ3v) is 7.76. The highest BCUT2D eigenvalue weighted by Gasteiger charge is 2.28. The van der Waals surface area contributed by atoms with E-state index in [-0.39, 0.29) is 4.90 Å². The number of sulfonamides is 1. The number of pyridine rings is 1. The van der Waals surface area contributed by atoms with E-state index in [9.17, 15) is 8.42 Å². The van der Waals surface area contributed by atoms with E-state index >= 15 is 0 Å². The predicted octanol–water partition coefficient (Wildman–Crippen LogP) is 4.57. The molecule has 164 valence electrons. The molecule has 0 aliphatic carbocycles. The van der Waals surface area contributed by atoms with Crippen molar-refractivity contribution in [1.29, 1.82) is 0 Å². The van der Waals surface area contributed by atoms with E-state index in [2.05, 4.69) is 14.7 Å². The summed E-state index contributed by atoms with van der Waals surface area (Å²) in [7, 11) is -3.95. The molecule has 1 atom stereocenters. The summed E-state index contributed by atoms with van der Waals surface area (Å²) in [6, 6.07) is 14.5. The lowest BCUT2D eigenvalue weighted by Crippen LogP contribution is -2.29. The maximum absolute atomic E-state index is 13.4. The van der Waals surface area contributed by atoms with E-state index in [0.717, 1.165) is 6.42 Å². The molecule has 0 radical (unpaired) electrons. The average Bonchev–Trinajstić information content (AvgIpc) is 3.08. The molecule has 0 spiro atoms. The normalized spacial score (nSPS) is 14.8. The maximum atomic E-state index is 13.4. The number of benzene rings is 2. The number of rotatable bonds is 5. The summed E-state index contributed by atoms with van der Waals surface area (Å²) in [5, 5.41) is 0.982. The molecule has 2 aromatic heterocycles. The van der Waals surface area contributed by atoms with Crippen molar-refractivity contribution in [2.45, 2.75) is 17.4 Å². The highest BCUT2D eigenvalue weighted by Crippen LogP contribution is 2.36. The first-order chi connectivity index (χ1) is 15.5. The van der Waals surface area contributed by atoms with Gasteiger partial charge in [0, 0.05) is 23.7 Å². The molecular formula is C22H18ClN3O4S2. The highest BCUT2D eigenvalue weighted by molar-refractivity contribution is 7.89. The molecule has 4 aromatic rings. The molecule has 7 nitrogen and oxygen atoms in total. The molecule has 5 rings (SSSR count). The zero-order valence-electron chi connectivity index (χ0n) is 16.7. The van der Waals surface area contributed by atoms with Crippen LogP contribution in [0.3, 0.4) is 0 Å². The zero-order chi connectivity index (χ0) is 22.1. The van der Waals surface area contributed by atoms with Crippen LogP contribution in [0.2, 0.25) is 5.02 Å². The third kappa shape index (κ3) is 4.16. The summed E-state index contributed by atoms with van der Waals surface area (Å²) in [5.41, 5.74) is 1.30. The number of aromatic nitrogens is 2. The second-order valence-electron chi connectivity index (χ2n) is 7.11. The average molecular weight is 488 g/mol. The molecule has 1 aliphatic rings. The summed E-state index contributed by atoms with van der Waals surface area (Å²) < 4.78 is 40.8. The smallest absolute Gasteiger partial charge is 0.241 e. The Morgan fingerprint density at radius 2 is 1.84 bits per heavy atom. The Morgan fingerprint density at radius 3 is 2.66 bits per heavy atom. The number of fused-ring (bicyclic) bond motifs is 2. The van der Waals surface area contributed by atoms with Crippen molar-refractivity contribution in [3.8, 4) is 11.5 Å². The highest BCUT2D eigenvalue weighted by atomic mass is 35.5. The van der Waals surface area contributed by atoms with Crippen molar-refractivity contribution in [2.75, 3.05) is 13.2 Å². The van der Waals surface area contributed by atoms with Crippen LogP contribution in [-0.2, 0) is 10.0 Å². The Hall–Kier alpha value is -2.72. The number of nitrogens with zero attached hydrogens (tertiary/aromatic N) is 2. The van der Waals surface area contributed by atoms with Gasteiger partial charge in [-0.25, -0.2) is 18.4 Å². The monoisotopic (exact) mass is 487 g/mol. The van der Waals surface area contributed by atoms with Gasteiger partial charge in [-0.3, -0.25) is 0 Å². The van der Waals surface area contributed by atoms with Crippen LogP contribution in [0.1, 0.15) is 23.0 Å². The summed E-state index contributed by atoms with van der Waals surface area (Å²) in [6.07, 6.45) is 2.41. The molecule has 3 heterocycles. The molecule has 0 saturated carbocycles. The third-order valence-electron chi connectivity index (χ3n) is 4.95. The van der Waals surface area contributed by atoms with Crippen LogP contribution >= 0.6 is 22.9 Å². The van der Waals surface area contributed by atoms with Gasteiger partial charge in [-0.05, 0) is 35.9 Å². The number of thiazole rings is 1. The molecule has 1 aliphatic heterocycles. The molecule has 32 heavy (non-hydrogen) atoms. The minimum atomic E-state index is -3.95. The Morgan fingerprint density at radius 1 is 1.03 bits per heavy atom. The molecule has 2 aromatic carbocycles. The predicted molar refractivity (Wildman–Crippen MR) is 123 cm³/mol. The Bertz CT molecular complexity index is 1360. The molecule has 0 bridgehead atoms. The molecule has 0 unspecified atom stereocenters. The van der Waals surface area contributed by atoms with Gasteiger partial charge in [0.25, 0.3) is 0 Å². The first kappa shape index (κ1) is 21.1. The van der Waals surface area contributed by atoms with Gasteiger partial charge >= 0.3 is 0 Å². The lowest BCUT2D eigenvalue weighted by atomic mass is 10.1. The van der Waals surface area contributed by atoms with E-state index in [1.807, 2.05) is 12.1 Å². The van der Waals surface area contributed by atoms with Crippen LogP contribution in [0.15, 0.2) is 65.7 Å². The molecule has 0 fully saturated rings. The van der Waals surface area contributed by atoms with Crippen LogP contribution in [0.25, 0.3) is 10.3 Å². The second kappa shape index (κ2) is 8.67. The van der Waals surface area contributed by atoms with Gasteiger partial charge in [-0.2, -0.15) is 4.72 Å². The van der Waals surface area contributed by atoms with Crippen molar-refractivity contribution in [1.82, 2.24) is 14.7 Å². The van der Waals surface area contributed by atoms with E-state index in [4.69, 9.17) is 21.1 Å². The summed E-state index contributed by atoms with van der Waals surface area (Å²) in [6.45, 7) is 0.989. The lowest BCUT2D eigenvalue weighted by molar-refractivity contribution is 0.297. The fourth-order valence-corrected chi connectivity index (χ4v) is 5.89. The topological polar surface area (TPSA) is 90.4 Å². The fraction of sp³-hybridized carbons (Fsp3) is 0.182. The van der Waals surface area contributed by atoms with E-state index in [1.165, 1.54) is 23.5 Å². The maximum Gasteiger partial charge on any atom is 0.241 e. The number of hydrogen-bond donors (Lipinski definition) is 1. The standard InChI is InChI=1S/C22H18ClN3O4S2/c23-16-6-2-1-5-15(16)20(22-25-17-7-3-10-24-21(17)31-22)26-32(27,28)14-8-9-18-19(13-14)30-12-4-11-29-18/h1-3,5-10,13,20,26H,4,11-12H2/t20-/m0/s1. The van der Waals surface area contributed by atoms with Gasteiger partial charge in [-0.1, -0.05) is 41.1 Å². The Labute approximate surface area is 194 Å². The van der Waals surface area contributed by atoms with Crippen molar-refractivity contribution < 1.29 is 17.9 Å². The van der Waals surface area contributed by atoms with Crippen LogP contribution in [-0.4, -0.2) is 31.6 Å². The van der Waals surface area contributed by atoms with Crippen LogP contribution in [0.4, 0.5) is 0 Å². The zero-order valence-corrected chi connectivity index (χ0v) is 19.1. The van der Waals surface area contributed by atoms with Gasteiger partial charge < -0.3 is 9.47 Å². The lowest BCUT2D eigenvalue weighted by Gasteiger charge is -2.19. The largest absolute Gasteiger partial charge is 0.490 e. The van der Waals surface area contributed by atoms with Crippen LogP contribution < -0.4 is 14.2 Å². The quantitative estimate of drug-likeness (QED) is 0.443. The summed E-state index contributed by atoms with van der Waals surface area (Å²) in [4.78, 5) is 9.73.